The van der Waals surface area contributed by atoms with Gasteiger partial charge in [0, 0.05) is 24.5 Å². The van der Waals surface area contributed by atoms with E-state index in [0.717, 1.165) is 5.56 Å². The van der Waals surface area contributed by atoms with Gasteiger partial charge in [-0.15, -0.1) is 0 Å². The third-order valence-electron chi connectivity index (χ3n) is 5.83. The highest BCUT2D eigenvalue weighted by Crippen LogP contribution is 2.60. The molecule has 1 aromatic rings. The van der Waals surface area contributed by atoms with Gasteiger partial charge in [-0.3, -0.25) is 10.0 Å². The molecule has 144 valence electrons. The van der Waals surface area contributed by atoms with Gasteiger partial charge in [0.25, 0.3) is 5.79 Å². The monoisotopic (exact) mass is 377 g/mol. The van der Waals surface area contributed by atoms with E-state index >= 15 is 0 Å². The standard InChI is InChI=1S/C18H19NO8/c1-10-17-8-13(20)26-18(17,27-19(10)21)14-12(24-16(17)22-2)9-23-15(25-14)11-6-4-3-5-7-11/h3-7,12,14-16H,8-9H2,1-2H3/t12-,14-,15?,16+,17+,18-/m1/s1. The highest BCUT2D eigenvalue weighted by atomic mass is 16.9. The van der Waals surface area contributed by atoms with Crippen LogP contribution >= 0.6 is 0 Å². The molecule has 9 heteroatoms. The molecule has 9 nitrogen and oxygen atoms in total. The third-order valence-corrected chi connectivity index (χ3v) is 5.83. The lowest BCUT2D eigenvalue weighted by molar-refractivity contribution is -0.772. The van der Waals surface area contributed by atoms with Crippen molar-refractivity contribution < 1.29 is 38.2 Å². The van der Waals surface area contributed by atoms with Crippen LogP contribution in [0.25, 0.3) is 0 Å². The van der Waals surface area contributed by atoms with Crippen LogP contribution in [0.4, 0.5) is 0 Å². The normalized spacial score (nSPS) is 42.8. The SMILES string of the molecule is CO[C@H]1O[C@@H]2COC(c3ccccc3)O[C@H]2[C@]23OC(=O)C[C@]12C(C)=[N+]([O-])O3. The van der Waals surface area contributed by atoms with Crippen molar-refractivity contribution in [2.75, 3.05) is 13.7 Å². The molecule has 3 saturated heterocycles. The van der Waals surface area contributed by atoms with Crippen LogP contribution < -0.4 is 0 Å². The third kappa shape index (κ3) is 2.02. The van der Waals surface area contributed by atoms with Gasteiger partial charge in [-0.1, -0.05) is 30.3 Å². The second-order valence-electron chi connectivity index (χ2n) is 7.10. The van der Waals surface area contributed by atoms with E-state index < -0.39 is 42.0 Å². The molecule has 0 radical (unpaired) electrons. The topological polar surface area (TPSA) is 98.5 Å². The van der Waals surface area contributed by atoms with Gasteiger partial charge in [0.1, 0.15) is 12.2 Å². The van der Waals surface area contributed by atoms with Gasteiger partial charge in [-0.25, -0.2) is 0 Å². The molecule has 0 aromatic heterocycles. The number of esters is 1. The molecule has 0 N–H and O–H groups in total. The van der Waals surface area contributed by atoms with Crippen molar-refractivity contribution >= 4 is 11.7 Å². The molecule has 4 aliphatic heterocycles. The number of hydrogen-bond donors (Lipinski definition) is 0. The van der Waals surface area contributed by atoms with Crippen molar-refractivity contribution in [3.05, 3.63) is 41.1 Å². The van der Waals surface area contributed by atoms with E-state index in [2.05, 4.69) is 0 Å². The Hall–Kier alpha value is -2.20. The molecule has 4 aliphatic rings. The maximum Gasteiger partial charge on any atom is 0.309 e. The summed E-state index contributed by atoms with van der Waals surface area (Å²) in [4.78, 5) is 18.3. The molecule has 0 amide bonds. The summed E-state index contributed by atoms with van der Waals surface area (Å²) >= 11 is 0. The minimum atomic E-state index is -1.66. The van der Waals surface area contributed by atoms with E-state index in [1.807, 2.05) is 30.3 Å². The average molecular weight is 377 g/mol. The first-order chi connectivity index (χ1) is 13.0. The minimum absolute atomic E-state index is 0.0977. The zero-order valence-electron chi connectivity index (χ0n) is 14.8. The molecule has 6 atom stereocenters. The molecule has 5 rings (SSSR count). The van der Waals surface area contributed by atoms with Crippen LogP contribution in [0.15, 0.2) is 30.3 Å². The first-order valence-electron chi connectivity index (χ1n) is 8.74. The van der Waals surface area contributed by atoms with Gasteiger partial charge in [0.05, 0.1) is 13.0 Å². The number of nitrogens with zero attached hydrogens (tertiary/aromatic N) is 1. The van der Waals surface area contributed by atoms with Crippen LogP contribution in [0.2, 0.25) is 0 Å². The molecule has 0 aliphatic carbocycles. The molecule has 3 fully saturated rings. The Morgan fingerprint density at radius 2 is 2.04 bits per heavy atom. The number of ether oxygens (including phenoxy) is 5. The molecule has 1 unspecified atom stereocenters. The second-order valence-corrected chi connectivity index (χ2v) is 7.10. The van der Waals surface area contributed by atoms with Gasteiger partial charge < -0.3 is 28.5 Å². The number of rotatable bonds is 2. The lowest BCUT2D eigenvalue weighted by atomic mass is 9.69. The van der Waals surface area contributed by atoms with E-state index in [-0.39, 0.29) is 18.7 Å². The minimum Gasteiger partial charge on any atom is -0.437 e. The Kier molecular flexibility index (Phi) is 3.54. The van der Waals surface area contributed by atoms with Crippen LogP contribution in [0, 0.1) is 10.6 Å². The Labute approximate surface area is 154 Å². The van der Waals surface area contributed by atoms with E-state index in [9.17, 15) is 10.0 Å². The van der Waals surface area contributed by atoms with Gasteiger partial charge in [-0.05, 0) is 0 Å². The highest BCUT2D eigenvalue weighted by Gasteiger charge is 2.81. The van der Waals surface area contributed by atoms with Crippen LogP contribution in [-0.2, 0) is 33.3 Å². The zero-order chi connectivity index (χ0) is 18.8. The number of methoxy groups -OCH3 is 1. The predicted molar refractivity (Wildman–Crippen MR) is 86.9 cm³/mol. The van der Waals surface area contributed by atoms with Crippen LogP contribution in [0.5, 0.6) is 0 Å². The maximum absolute atomic E-state index is 12.4. The zero-order valence-corrected chi connectivity index (χ0v) is 14.8. The summed E-state index contributed by atoms with van der Waals surface area (Å²) in [6.07, 6.45) is -3.20. The summed E-state index contributed by atoms with van der Waals surface area (Å²) in [5.41, 5.74) is -0.167. The lowest BCUT2D eigenvalue weighted by Crippen LogP contribution is -2.71. The van der Waals surface area contributed by atoms with E-state index in [1.54, 1.807) is 6.92 Å². The maximum atomic E-state index is 12.4. The molecule has 27 heavy (non-hydrogen) atoms. The van der Waals surface area contributed by atoms with Crippen molar-refractivity contribution in [2.45, 2.75) is 43.9 Å². The molecule has 0 bridgehead atoms. The average Bonchev–Trinajstić information content (AvgIpc) is 3.10. The van der Waals surface area contributed by atoms with E-state index in [1.165, 1.54) is 7.11 Å². The lowest BCUT2D eigenvalue weighted by Gasteiger charge is -2.53. The van der Waals surface area contributed by atoms with Crippen molar-refractivity contribution in [1.82, 2.24) is 0 Å². The number of benzene rings is 1. The quantitative estimate of drug-likeness (QED) is 0.556. The largest absolute Gasteiger partial charge is 0.437 e. The molecule has 0 spiro atoms. The van der Waals surface area contributed by atoms with E-state index in [0.29, 0.717) is 4.90 Å². The Morgan fingerprint density at radius 3 is 2.78 bits per heavy atom. The van der Waals surface area contributed by atoms with E-state index in [4.69, 9.17) is 28.5 Å². The van der Waals surface area contributed by atoms with Crippen LogP contribution in [-0.4, -0.2) is 54.6 Å². The fourth-order valence-electron chi connectivity index (χ4n) is 4.56. The van der Waals surface area contributed by atoms with Crippen LogP contribution in [0.1, 0.15) is 25.2 Å². The van der Waals surface area contributed by atoms with Gasteiger partial charge in [-0.2, -0.15) is 0 Å². The molecular weight excluding hydrogens is 358 g/mol. The van der Waals surface area contributed by atoms with Crippen LogP contribution in [0.3, 0.4) is 0 Å². The summed E-state index contributed by atoms with van der Waals surface area (Å²) in [5, 5.41) is 12.4. The highest BCUT2D eigenvalue weighted by molar-refractivity contribution is 5.93. The van der Waals surface area contributed by atoms with Crippen molar-refractivity contribution in [1.29, 1.82) is 0 Å². The predicted octanol–water partition coefficient (Wildman–Crippen LogP) is 1.02. The number of fused-ring (bicyclic) bond motifs is 1. The summed E-state index contributed by atoms with van der Waals surface area (Å²) in [6, 6.07) is 9.36. The summed E-state index contributed by atoms with van der Waals surface area (Å²) in [7, 11) is 1.45. The number of carbonyl (C=O) groups excluding carboxylic acids is 1. The first kappa shape index (κ1) is 16.9. The van der Waals surface area contributed by atoms with Crippen molar-refractivity contribution in [2.24, 2.45) is 5.41 Å². The van der Waals surface area contributed by atoms with Gasteiger partial charge >= 0.3 is 5.97 Å². The van der Waals surface area contributed by atoms with Crippen molar-refractivity contribution in [3.63, 3.8) is 0 Å². The smallest absolute Gasteiger partial charge is 0.309 e. The molecule has 1 aromatic carbocycles. The Balaban J connectivity index is 1.58. The number of carbonyl (C=O) groups is 1. The Bertz CT molecular complexity index is 813. The fourth-order valence-corrected chi connectivity index (χ4v) is 4.56. The van der Waals surface area contributed by atoms with Crippen molar-refractivity contribution in [3.8, 4) is 0 Å². The molecular formula is C18H19NO8. The Morgan fingerprint density at radius 1 is 1.26 bits per heavy atom. The van der Waals surface area contributed by atoms with Gasteiger partial charge in [0.15, 0.2) is 18.0 Å². The first-order valence-corrected chi connectivity index (χ1v) is 8.74. The molecule has 0 saturated carbocycles. The summed E-state index contributed by atoms with van der Waals surface area (Å²) in [5.74, 6) is -2.16. The fraction of sp³-hybridized carbons (Fsp3) is 0.556. The summed E-state index contributed by atoms with van der Waals surface area (Å²) in [6.45, 7) is 1.75. The number of hydrogen-bond acceptors (Lipinski definition) is 8. The van der Waals surface area contributed by atoms with Gasteiger partial charge in [0.2, 0.25) is 5.71 Å². The second kappa shape index (κ2) is 5.65. The summed E-state index contributed by atoms with van der Waals surface area (Å²) < 4.78 is 29.1. The molecule has 4 heterocycles.